The van der Waals surface area contributed by atoms with Crippen molar-refractivity contribution in [3.63, 3.8) is 0 Å². The molecule has 0 atom stereocenters. The van der Waals surface area contributed by atoms with Gasteiger partial charge < -0.3 is 14.8 Å². The van der Waals surface area contributed by atoms with Crippen LogP contribution in [0.15, 0.2) is 24.3 Å². The molecule has 0 fully saturated rings. The summed E-state index contributed by atoms with van der Waals surface area (Å²) in [4.78, 5) is 34.6. The van der Waals surface area contributed by atoms with E-state index in [1.807, 2.05) is 0 Å². The molecule has 0 saturated heterocycles. The highest BCUT2D eigenvalue weighted by Crippen LogP contribution is 2.14. The first-order valence-corrected chi connectivity index (χ1v) is 7.50. The van der Waals surface area contributed by atoms with Crippen LogP contribution in [0.4, 0.5) is 0 Å². The van der Waals surface area contributed by atoms with Gasteiger partial charge in [0.1, 0.15) is 12.4 Å². The standard InChI is InChI=1S/C17H23NO5/c1-5-14(19)23-13-8-6-12(7-9-13)15(20)22-11-10-18-16(21)17(2,3)4/h6-9H,5,10-11H2,1-4H3,(H,18,21). The van der Waals surface area contributed by atoms with E-state index in [0.29, 0.717) is 11.3 Å². The van der Waals surface area contributed by atoms with E-state index in [9.17, 15) is 14.4 Å². The smallest absolute Gasteiger partial charge is 0.338 e. The molecule has 0 radical (unpaired) electrons. The first-order chi connectivity index (χ1) is 10.7. The molecule has 0 aromatic heterocycles. The minimum Gasteiger partial charge on any atom is -0.460 e. The van der Waals surface area contributed by atoms with Crippen molar-refractivity contribution in [2.24, 2.45) is 5.41 Å². The van der Waals surface area contributed by atoms with Gasteiger partial charge in [-0.25, -0.2) is 4.79 Å². The monoisotopic (exact) mass is 321 g/mol. The Morgan fingerprint density at radius 1 is 1.09 bits per heavy atom. The number of benzene rings is 1. The zero-order chi connectivity index (χ0) is 17.5. The molecule has 0 aliphatic heterocycles. The second-order valence-corrected chi connectivity index (χ2v) is 5.99. The molecule has 0 aliphatic rings. The van der Waals surface area contributed by atoms with Crippen molar-refractivity contribution in [3.8, 4) is 5.75 Å². The quantitative estimate of drug-likeness (QED) is 0.494. The van der Waals surface area contributed by atoms with Gasteiger partial charge in [0, 0.05) is 11.8 Å². The first-order valence-electron chi connectivity index (χ1n) is 7.50. The SMILES string of the molecule is CCC(=O)Oc1ccc(C(=O)OCCNC(=O)C(C)(C)C)cc1. The number of carbonyl (C=O) groups excluding carboxylic acids is 3. The molecule has 1 N–H and O–H groups in total. The summed E-state index contributed by atoms with van der Waals surface area (Å²) in [5.41, 5.74) is -0.126. The van der Waals surface area contributed by atoms with Gasteiger partial charge in [-0.15, -0.1) is 0 Å². The molecule has 23 heavy (non-hydrogen) atoms. The molecule has 1 aromatic rings. The largest absolute Gasteiger partial charge is 0.460 e. The third-order valence-electron chi connectivity index (χ3n) is 2.91. The van der Waals surface area contributed by atoms with Crippen LogP contribution in [0.1, 0.15) is 44.5 Å². The van der Waals surface area contributed by atoms with Gasteiger partial charge in [0.05, 0.1) is 12.1 Å². The Morgan fingerprint density at radius 3 is 2.22 bits per heavy atom. The van der Waals surface area contributed by atoms with E-state index < -0.39 is 11.4 Å². The fraction of sp³-hybridized carbons (Fsp3) is 0.471. The number of ether oxygens (including phenoxy) is 2. The molecule has 0 bridgehead atoms. The van der Waals surface area contributed by atoms with Crippen molar-refractivity contribution in [2.45, 2.75) is 34.1 Å². The van der Waals surface area contributed by atoms with Crippen LogP contribution < -0.4 is 10.1 Å². The second-order valence-electron chi connectivity index (χ2n) is 5.99. The van der Waals surface area contributed by atoms with Crippen LogP contribution in [-0.2, 0) is 14.3 Å². The van der Waals surface area contributed by atoms with E-state index in [2.05, 4.69) is 5.32 Å². The Kier molecular flexibility index (Phi) is 6.75. The molecule has 0 spiro atoms. The number of carbonyl (C=O) groups is 3. The summed E-state index contributed by atoms with van der Waals surface area (Å²) in [7, 11) is 0. The number of rotatable bonds is 6. The molecular formula is C17H23NO5. The van der Waals surface area contributed by atoms with Crippen LogP contribution >= 0.6 is 0 Å². The second kappa shape index (κ2) is 8.31. The average Bonchev–Trinajstić information content (AvgIpc) is 2.50. The molecule has 0 unspecified atom stereocenters. The summed E-state index contributed by atoms with van der Waals surface area (Å²) in [6.45, 7) is 7.47. The van der Waals surface area contributed by atoms with E-state index in [1.165, 1.54) is 24.3 Å². The maximum atomic E-state index is 11.8. The normalized spacial score (nSPS) is 10.8. The van der Waals surface area contributed by atoms with Crippen molar-refractivity contribution < 1.29 is 23.9 Å². The minimum absolute atomic E-state index is 0.0905. The third-order valence-corrected chi connectivity index (χ3v) is 2.91. The van der Waals surface area contributed by atoms with Crippen molar-refractivity contribution in [2.75, 3.05) is 13.2 Å². The van der Waals surface area contributed by atoms with E-state index in [-0.39, 0.29) is 31.4 Å². The van der Waals surface area contributed by atoms with Crippen molar-refractivity contribution in [1.29, 1.82) is 0 Å². The summed E-state index contributed by atoms with van der Waals surface area (Å²) in [6, 6.07) is 6.11. The fourth-order valence-electron chi connectivity index (χ4n) is 1.52. The number of hydrogen-bond donors (Lipinski definition) is 1. The van der Waals surface area contributed by atoms with Crippen LogP contribution in [0.3, 0.4) is 0 Å². The zero-order valence-corrected chi connectivity index (χ0v) is 14.0. The van der Waals surface area contributed by atoms with Crippen LogP contribution in [0.5, 0.6) is 5.75 Å². The number of amides is 1. The summed E-state index contributed by atoms with van der Waals surface area (Å²) < 4.78 is 10.1. The van der Waals surface area contributed by atoms with Crippen molar-refractivity contribution in [3.05, 3.63) is 29.8 Å². The van der Waals surface area contributed by atoms with Gasteiger partial charge in [-0.1, -0.05) is 27.7 Å². The molecular weight excluding hydrogens is 298 g/mol. The summed E-state index contributed by atoms with van der Waals surface area (Å²) in [6.07, 6.45) is 0.282. The van der Waals surface area contributed by atoms with Crippen LogP contribution in [0.25, 0.3) is 0 Å². The van der Waals surface area contributed by atoms with E-state index in [1.54, 1.807) is 27.7 Å². The maximum Gasteiger partial charge on any atom is 0.338 e. The average molecular weight is 321 g/mol. The van der Waals surface area contributed by atoms with Crippen molar-refractivity contribution >= 4 is 17.8 Å². The van der Waals surface area contributed by atoms with Gasteiger partial charge in [-0.2, -0.15) is 0 Å². The first kappa shape index (κ1) is 18.7. The molecule has 0 saturated carbocycles. The molecule has 1 amide bonds. The highest BCUT2D eigenvalue weighted by Gasteiger charge is 2.20. The van der Waals surface area contributed by atoms with Crippen LogP contribution in [0.2, 0.25) is 0 Å². The van der Waals surface area contributed by atoms with E-state index in [0.717, 1.165) is 0 Å². The summed E-state index contributed by atoms with van der Waals surface area (Å²) in [5, 5.41) is 2.69. The Balaban J connectivity index is 2.40. The van der Waals surface area contributed by atoms with Gasteiger partial charge in [0.2, 0.25) is 5.91 Å². The lowest BCUT2D eigenvalue weighted by molar-refractivity contribution is -0.134. The van der Waals surface area contributed by atoms with Gasteiger partial charge in [-0.3, -0.25) is 9.59 Å². The number of esters is 2. The van der Waals surface area contributed by atoms with E-state index in [4.69, 9.17) is 9.47 Å². The Bertz CT molecular complexity index is 557. The molecule has 1 rings (SSSR count). The lowest BCUT2D eigenvalue weighted by atomic mass is 9.96. The summed E-state index contributed by atoms with van der Waals surface area (Å²) in [5.74, 6) is -0.556. The zero-order valence-electron chi connectivity index (χ0n) is 14.0. The minimum atomic E-state index is -0.497. The van der Waals surface area contributed by atoms with E-state index >= 15 is 0 Å². The molecule has 6 nitrogen and oxygen atoms in total. The highest BCUT2D eigenvalue weighted by atomic mass is 16.5. The highest BCUT2D eigenvalue weighted by molar-refractivity contribution is 5.89. The summed E-state index contributed by atoms with van der Waals surface area (Å²) >= 11 is 0. The topological polar surface area (TPSA) is 81.7 Å². The Hall–Kier alpha value is -2.37. The molecule has 6 heteroatoms. The van der Waals surface area contributed by atoms with Crippen LogP contribution in [0, 0.1) is 5.41 Å². The predicted molar refractivity (Wildman–Crippen MR) is 85.1 cm³/mol. The van der Waals surface area contributed by atoms with Gasteiger partial charge >= 0.3 is 11.9 Å². The predicted octanol–water partition coefficient (Wildman–Crippen LogP) is 2.32. The molecule has 0 aliphatic carbocycles. The molecule has 1 aromatic carbocycles. The van der Waals surface area contributed by atoms with Gasteiger partial charge in [-0.05, 0) is 24.3 Å². The lowest BCUT2D eigenvalue weighted by Crippen LogP contribution is -2.36. The Labute approximate surface area is 136 Å². The van der Waals surface area contributed by atoms with Crippen molar-refractivity contribution in [1.82, 2.24) is 5.32 Å². The third kappa shape index (κ3) is 6.50. The maximum absolute atomic E-state index is 11.8. The lowest BCUT2D eigenvalue weighted by Gasteiger charge is -2.17. The van der Waals surface area contributed by atoms with Gasteiger partial charge in [0.25, 0.3) is 0 Å². The Morgan fingerprint density at radius 2 is 1.70 bits per heavy atom. The number of hydrogen-bond acceptors (Lipinski definition) is 5. The molecule has 126 valence electrons. The fourth-order valence-corrected chi connectivity index (χ4v) is 1.52. The molecule has 0 heterocycles. The van der Waals surface area contributed by atoms with Gasteiger partial charge in [0.15, 0.2) is 0 Å². The number of nitrogens with one attached hydrogen (secondary N) is 1. The van der Waals surface area contributed by atoms with Crippen LogP contribution in [-0.4, -0.2) is 31.0 Å².